The van der Waals surface area contributed by atoms with Gasteiger partial charge in [-0.05, 0) is 43.5 Å². The number of fused-ring (bicyclic) bond motifs is 1. The molecule has 2 saturated heterocycles. The fourth-order valence-corrected chi connectivity index (χ4v) is 3.50. The molecule has 0 amide bonds. The maximum absolute atomic E-state index is 10.9. The van der Waals surface area contributed by atoms with Crippen LogP contribution >= 0.6 is 0 Å². The lowest BCUT2D eigenvalue weighted by molar-refractivity contribution is -0.131. The van der Waals surface area contributed by atoms with Crippen LogP contribution in [0.4, 0.5) is 0 Å². The van der Waals surface area contributed by atoms with E-state index in [4.69, 9.17) is 4.74 Å². The van der Waals surface area contributed by atoms with Crippen LogP contribution in [0.2, 0.25) is 0 Å². The number of hydrogen-bond acceptors (Lipinski definition) is 4. The van der Waals surface area contributed by atoms with Gasteiger partial charge in [-0.3, -0.25) is 9.69 Å². The summed E-state index contributed by atoms with van der Waals surface area (Å²) in [6.07, 6.45) is 3.06. The molecule has 0 aliphatic carbocycles. The Kier molecular flexibility index (Phi) is 3.76. The van der Waals surface area contributed by atoms with Gasteiger partial charge in [-0.2, -0.15) is 0 Å². The first kappa shape index (κ1) is 13.6. The number of nitrogens with zero attached hydrogens (tertiary/aromatic N) is 1. The third-order valence-electron chi connectivity index (χ3n) is 4.48. The largest absolute Gasteiger partial charge is 0.427 e. The number of benzene rings is 1. The molecule has 1 N–H and O–H groups in total. The molecule has 0 spiro atoms. The molecule has 0 aromatic heterocycles. The van der Waals surface area contributed by atoms with Crippen molar-refractivity contribution in [1.82, 2.24) is 4.90 Å². The Bertz CT molecular complexity index is 485. The zero-order valence-electron chi connectivity index (χ0n) is 11.8. The van der Waals surface area contributed by atoms with Crippen molar-refractivity contribution in [1.29, 1.82) is 0 Å². The van der Waals surface area contributed by atoms with Gasteiger partial charge in [0.05, 0.1) is 6.10 Å². The van der Waals surface area contributed by atoms with Gasteiger partial charge in [-0.1, -0.05) is 12.1 Å². The van der Waals surface area contributed by atoms with Crippen molar-refractivity contribution in [3.05, 3.63) is 29.8 Å². The van der Waals surface area contributed by atoms with Crippen LogP contribution in [0.25, 0.3) is 0 Å². The van der Waals surface area contributed by atoms with Gasteiger partial charge in [0.15, 0.2) is 0 Å². The van der Waals surface area contributed by atoms with E-state index in [1.165, 1.54) is 19.8 Å². The summed E-state index contributed by atoms with van der Waals surface area (Å²) in [6, 6.07) is 8.10. The number of rotatable bonds is 2. The van der Waals surface area contributed by atoms with Crippen molar-refractivity contribution >= 4 is 5.97 Å². The van der Waals surface area contributed by atoms with E-state index in [0.717, 1.165) is 25.1 Å². The number of carbonyl (C=O) groups excluding carboxylic acids is 1. The Hall–Kier alpha value is -1.39. The molecule has 3 rings (SSSR count). The lowest BCUT2D eigenvalue weighted by atomic mass is 9.85. The van der Waals surface area contributed by atoms with E-state index in [-0.39, 0.29) is 18.0 Å². The Morgan fingerprint density at radius 2 is 2.10 bits per heavy atom. The number of aliphatic hydroxyl groups is 1. The van der Waals surface area contributed by atoms with E-state index in [1.54, 1.807) is 12.1 Å². The molecule has 2 fully saturated rings. The molecule has 2 aliphatic heterocycles. The predicted molar refractivity (Wildman–Crippen MR) is 75.7 cm³/mol. The summed E-state index contributed by atoms with van der Waals surface area (Å²) in [4.78, 5) is 13.4. The highest BCUT2D eigenvalue weighted by Gasteiger charge is 2.37. The number of aliphatic hydroxyl groups excluding tert-OH is 1. The molecule has 2 aliphatic rings. The van der Waals surface area contributed by atoms with Crippen molar-refractivity contribution in [2.45, 2.75) is 44.2 Å². The molecule has 0 radical (unpaired) electrons. The average molecular weight is 275 g/mol. The fourth-order valence-electron chi connectivity index (χ4n) is 3.50. The van der Waals surface area contributed by atoms with Gasteiger partial charge in [0.1, 0.15) is 5.75 Å². The Balaban J connectivity index is 1.73. The summed E-state index contributed by atoms with van der Waals surface area (Å²) < 4.78 is 5.04. The topological polar surface area (TPSA) is 49.8 Å². The zero-order chi connectivity index (χ0) is 14.1. The van der Waals surface area contributed by atoms with E-state index >= 15 is 0 Å². The van der Waals surface area contributed by atoms with Crippen LogP contribution in [0.5, 0.6) is 5.75 Å². The van der Waals surface area contributed by atoms with Gasteiger partial charge in [0.2, 0.25) is 0 Å². The first-order valence-electron chi connectivity index (χ1n) is 7.34. The number of hydrogen-bond donors (Lipinski definition) is 1. The van der Waals surface area contributed by atoms with Crippen LogP contribution in [0.1, 0.15) is 37.7 Å². The van der Waals surface area contributed by atoms with E-state index in [2.05, 4.69) is 4.90 Å². The highest BCUT2D eigenvalue weighted by molar-refractivity contribution is 5.69. The minimum absolute atomic E-state index is 0.163. The smallest absolute Gasteiger partial charge is 0.308 e. The Labute approximate surface area is 119 Å². The van der Waals surface area contributed by atoms with E-state index in [0.29, 0.717) is 11.8 Å². The van der Waals surface area contributed by atoms with Crippen molar-refractivity contribution in [2.75, 3.05) is 13.1 Å². The van der Waals surface area contributed by atoms with Gasteiger partial charge < -0.3 is 9.84 Å². The number of ether oxygens (including phenoxy) is 1. The van der Waals surface area contributed by atoms with Crippen LogP contribution in [0.3, 0.4) is 0 Å². The minimum atomic E-state index is -0.310. The number of carbonyl (C=O) groups is 1. The molecule has 1 aromatic carbocycles. The Morgan fingerprint density at radius 1 is 1.35 bits per heavy atom. The van der Waals surface area contributed by atoms with Gasteiger partial charge in [-0.15, -0.1) is 0 Å². The van der Waals surface area contributed by atoms with Crippen LogP contribution in [-0.4, -0.2) is 41.2 Å². The lowest BCUT2D eigenvalue weighted by Crippen LogP contribution is -2.45. The molecule has 1 aromatic rings. The highest BCUT2D eigenvalue weighted by atomic mass is 16.5. The quantitative estimate of drug-likeness (QED) is 0.662. The van der Waals surface area contributed by atoms with E-state index < -0.39 is 0 Å². The molecular weight excluding hydrogens is 254 g/mol. The summed E-state index contributed by atoms with van der Waals surface area (Å²) in [5.41, 5.74) is 1.12. The third kappa shape index (κ3) is 2.72. The molecule has 20 heavy (non-hydrogen) atoms. The molecule has 2 heterocycles. The number of esters is 1. The van der Waals surface area contributed by atoms with Crippen LogP contribution < -0.4 is 4.74 Å². The molecule has 108 valence electrons. The van der Waals surface area contributed by atoms with Gasteiger partial charge in [0.25, 0.3) is 0 Å². The van der Waals surface area contributed by atoms with Crippen LogP contribution in [-0.2, 0) is 4.79 Å². The molecule has 0 unspecified atom stereocenters. The van der Waals surface area contributed by atoms with Gasteiger partial charge in [-0.25, -0.2) is 0 Å². The first-order valence-corrected chi connectivity index (χ1v) is 7.34. The summed E-state index contributed by atoms with van der Waals surface area (Å²) in [5, 5.41) is 10.4. The second-order valence-corrected chi connectivity index (χ2v) is 5.86. The summed E-state index contributed by atoms with van der Waals surface area (Å²) in [6.45, 7) is 3.48. The van der Waals surface area contributed by atoms with Crippen molar-refractivity contribution < 1.29 is 14.6 Å². The van der Waals surface area contributed by atoms with Crippen molar-refractivity contribution in [3.63, 3.8) is 0 Å². The summed E-state index contributed by atoms with van der Waals surface area (Å²) in [5.74, 6) is 0.414. The van der Waals surface area contributed by atoms with Gasteiger partial charge >= 0.3 is 5.97 Å². The first-order chi connectivity index (χ1) is 9.63. The standard InChI is InChI=1S/C16H21NO3/c1-11(18)20-14-6-4-12(5-7-14)15-10-17-8-2-3-13(17)9-16(15)19/h4-7,13,15-16,19H,2-3,8-10H2,1H3/t13-,15-,16+/m1/s1. The second-order valence-electron chi connectivity index (χ2n) is 5.86. The van der Waals surface area contributed by atoms with Gasteiger partial charge in [0, 0.05) is 25.4 Å². The normalized spacial score (nSPS) is 30.0. The third-order valence-corrected chi connectivity index (χ3v) is 4.48. The number of piperidine rings is 1. The molecule has 0 bridgehead atoms. The molecule has 4 heteroatoms. The maximum Gasteiger partial charge on any atom is 0.308 e. The van der Waals surface area contributed by atoms with Crippen molar-refractivity contribution in [3.8, 4) is 5.75 Å². The second kappa shape index (κ2) is 5.54. The highest BCUT2D eigenvalue weighted by Crippen LogP contribution is 2.35. The predicted octanol–water partition coefficient (Wildman–Crippen LogP) is 1.92. The SMILES string of the molecule is CC(=O)Oc1ccc([C@H]2CN3CCC[C@@H]3C[C@@H]2O)cc1. The van der Waals surface area contributed by atoms with E-state index in [9.17, 15) is 9.90 Å². The molecule has 4 nitrogen and oxygen atoms in total. The lowest BCUT2D eigenvalue weighted by Gasteiger charge is -2.38. The summed E-state index contributed by atoms with van der Waals surface area (Å²) in [7, 11) is 0. The Morgan fingerprint density at radius 3 is 2.80 bits per heavy atom. The molecular formula is C16H21NO3. The van der Waals surface area contributed by atoms with Crippen LogP contribution in [0, 0.1) is 0 Å². The fraction of sp³-hybridized carbons (Fsp3) is 0.562. The molecule has 0 saturated carbocycles. The maximum atomic E-state index is 10.9. The minimum Gasteiger partial charge on any atom is -0.427 e. The average Bonchev–Trinajstić information content (AvgIpc) is 2.85. The van der Waals surface area contributed by atoms with Crippen molar-refractivity contribution in [2.24, 2.45) is 0 Å². The molecule has 3 atom stereocenters. The van der Waals surface area contributed by atoms with E-state index in [1.807, 2.05) is 12.1 Å². The van der Waals surface area contributed by atoms with Crippen LogP contribution in [0.15, 0.2) is 24.3 Å². The monoisotopic (exact) mass is 275 g/mol. The summed E-state index contributed by atoms with van der Waals surface area (Å²) >= 11 is 0. The zero-order valence-corrected chi connectivity index (χ0v) is 11.8.